The minimum absolute atomic E-state index is 0.0245. The number of ether oxygens (including phenoxy) is 1. The number of carbonyl (C=O) groups is 2. The summed E-state index contributed by atoms with van der Waals surface area (Å²) < 4.78 is 5.35. The number of rotatable bonds is 10. The molecule has 6 heteroatoms. The number of nitrogens with zero attached hydrogens (tertiary/aromatic N) is 1. The molecule has 2 amide bonds. The highest BCUT2D eigenvalue weighted by Crippen LogP contribution is 2.21. The largest absolute Gasteiger partial charge is 0.497 e. The Morgan fingerprint density at radius 2 is 1.76 bits per heavy atom. The molecule has 34 heavy (non-hydrogen) atoms. The van der Waals surface area contributed by atoms with E-state index in [-0.39, 0.29) is 17.9 Å². The number of benzene rings is 2. The number of hydrogen-bond donors (Lipinski definition) is 1. The Balaban J connectivity index is 1.68. The van der Waals surface area contributed by atoms with E-state index in [4.69, 9.17) is 4.74 Å². The minimum atomic E-state index is -0.539. The lowest BCUT2D eigenvalue weighted by atomic mass is 9.95. The molecule has 0 spiro atoms. The average molecular weight is 483 g/mol. The zero-order chi connectivity index (χ0) is 24.5. The van der Waals surface area contributed by atoms with E-state index in [9.17, 15) is 9.59 Å². The lowest BCUT2D eigenvalue weighted by Crippen LogP contribution is -2.50. The molecule has 1 fully saturated rings. The second-order valence-corrected chi connectivity index (χ2v) is 10.4. The summed E-state index contributed by atoms with van der Waals surface area (Å²) in [5.41, 5.74) is 4.63. The maximum absolute atomic E-state index is 13.4. The van der Waals surface area contributed by atoms with Crippen molar-refractivity contribution in [3.8, 4) is 5.75 Å². The van der Waals surface area contributed by atoms with Crippen molar-refractivity contribution in [2.75, 3.05) is 12.9 Å². The molecule has 1 saturated carbocycles. The Bertz CT molecular complexity index is 952. The molecule has 1 aliphatic rings. The lowest BCUT2D eigenvalue weighted by Gasteiger charge is -2.31. The number of aryl methyl sites for hydroxylation is 2. The van der Waals surface area contributed by atoms with Crippen LogP contribution in [0.4, 0.5) is 0 Å². The van der Waals surface area contributed by atoms with Crippen LogP contribution < -0.4 is 10.1 Å². The molecule has 0 aliphatic heterocycles. The second kappa shape index (κ2) is 12.8. The molecule has 1 aliphatic carbocycles. The lowest BCUT2D eigenvalue weighted by molar-refractivity contribution is -0.139. The van der Waals surface area contributed by atoms with Crippen molar-refractivity contribution in [1.29, 1.82) is 0 Å². The molecule has 2 aromatic rings. The van der Waals surface area contributed by atoms with Crippen molar-refractivity contribution in [2.24, 2.45) is 0 Å². The fraction of sp³-hybridized carbons (Fsp3) is 0.500. The van der Waals surface area contributed by atoms with E-state index >= 15 is 0 Å². The molecule has 5 nitrogen and oxygen atoms in total. The van der Waals surface area contributed by atoms with Crippen molar-refractivity contribution in [3.05, 3.63) is 64.7 Å². The van der Waals surface area contributed by atoms with Gasteiger partial charge in [-0.2, -0.15) is 0 Å². The fourth-order valence-corrected chi connectivity index (χ4v) is 5.46. The predicted octanol–water partition coefficient (Wildman–Crippen LogP) is 5.41. The maximum atomic E-state index is 13.4. The molecular formula is C28H38N2O3S. The maximum Gasteiger partial charge on any atom is 0.242 e. The quantitative estimate of drug-likeness (QED) is 0.492. The molecule has 0 aromatic heterocycles. The van der Waals surface area contributed by atoms with Crippen LogP contribution in [0.1, 0.15) is 61.3 Å². The first kappa shape index (κ1) is 26.1. The highest BCUT2D eigenvalue weighted by Gasteiger charge is 2.28. The van der Waals surface area contributed by atoms with Crippen LogP contribution in [0.3, 0.4) is 0 Å². The molecule has 184 valence electrons. The van der Waals surface area contributed by atoms with Crippen LogP contribution in [0.25, 0.3) is 0 Å². The van der Waals surface area contributed by atoms with Crippen LogP contribution in [-0.2, 0) is 21.9 Å². The molecular weight excluding hydrogens is 444 g/mol. The number of methoxy groups -OCH3 is 1. The molecule has 2 aromatic carbocycles. The highest BCUT2D eigenvalue weighted by atomic mass is 32.2. The SMILES string of the molecule is COc1cccc(CN(C(=O)CSCc2cc(C)cc(C)c2)[C@H](C)C(=O)NC2CCCCC2)c1. The van der Waals surface area contributed by atoms with E-state index in [1.165, 1.54) is 23.1 Å². The van der Waals surface area contributed by atoms with Gasteiger partial charge in [-0.05, 0) is 56.9 Å². The molecule has 1 atom stereocenters. The van der Waals surface area contributed by atoms with Crippen molar-refractivity contribution in [2.45, 2.75) is 77.3 Å². The van der Waals surface area contributed by atoms with Crippen molar-refractivity contribution in [3.63, 3.8) is 0 Å². The fourth-order valence-electron chi connectivity index (χ4n) is 4.61. The van der Waals surface area contributed by atoms with Crippen molar-refractivity contribution < 1.29 is 14.3 Å². The first-order valence-corrected chi connectivity index (χ1v) is 13.4. The minimum Gasteiger partial charge on any atom is -0.497 e. The molecule has 0 heterocycles. The first-order valence-electron chi connectivity index (χ1n) is 12.2. The molecule has 0 saturated heterocycles. The summed E-state index contributed by atoms with van der Waals surface area (Å²) >= 11 is 1.60. The van der Waals surface area contributed by atoms with Crippen LogP contribution in [-0.4, -0.2) is 41.7 Å². The summed E-state index contributed by atoms with van der Waals surface area (Å²) in [4.78, 5) is 28.2. The van der Waals surface area contributed by atoms with Crippen molar-refractivity contribution in [1.82, 2.24) is 10.2 Å². The number of amides is 2. The van der Waals surface area contributed by atoms with Gasteiger partial charge in [0.25, 0.3) is 0 Å². The summed E-state index contributed by atoms with van der Waals surface area (Å²) in [5, 5.41) is 3.19. The van der Waals surface area contributed by atoms with Gasteiger partial charge in [-0.15, -0.1) is 11.8 Å². The summed E-state index contributed by atoms with van der Waals surface area (Å²) in [7, 11) is 1.63. The monoisotopic (exact) mass is 482 g/mol. The number of hydrogen-bond acceptors (Lipinski definition) is 4. The summed E-state index contributed by atoms with van der Waals surface area (Å²) in [5.74, 6) is 1.75. The van der Waals surface area contributed by atoms with E-state index < -0.39 is 6.04 Å². The van der Waals surface area contributed by atoms with E-state index in [0.717, 1.165) is 42.7 Å². The number of nitrogens with one attached hydrogen (secondary N) is 1. The third kappa shape index (κ3) is 7.79. The molecule has 1 N–H and O–H groups in total. The Labute approximate surface area is 208 Å². The summed E-state index contributed by atoms with van der Waals surface area (Å²) in [6.45, 7) is 6.40. The Morgan fingerprint density at radius 3 is 2.44 bits per heavy atom. The zero-order valence-electron chi connectivity index (χ0n) is 20.9. The standard InChI is InChI=1S/C28H38N2O3S/c1-20-13-21(2)15-24(14-20)18-34-19-27(31)30(17-23-9-8-12-26(16-23)33-4)22(3)28(32)29-25-10-6-5-7-11-25/h8-9,12-16,22,25H,5-7,10-11,17-19H2,1-4H3,(H,29,32)/t22-/m1/s1. The smallest absolute Gasteiger partial charge is 0.242 e. The molecule has 0 unspecified atom stereocenters. The number of thioether (sulfide) groups is 1. The van der Waals surface area contributed by atoms with Gasteiger partial charge < -0.3 is 15.0 Å². The van der Waals surface area contributed by atoms with Crippen LogP contribution in [0.2, 0.25) is 0 Å². The summed E-state index contributed by atoms with van der Waals surface area (Å²) in [6, 6.07) is 13.9. The summed E-state index contributed by atoms with van der Waals surface area (Å²) in [6.07, 6.45) is 5.59. The average Bonchev–Trinajstić information content (AvgIpc) is 2.82. The van der Waals surface area contributed by atoms with Gasteiger partial charge in [-0.1, -0.05) is 60.7 Å². The first-order chi connectivity index (χ1) is 16.4. The van der Waals surface area contributed by atoms with E-state index in [0.29, 0.717) is 12.3 Å². The Kier molecular flexibility index (Phi) is 9.87. The van der Waals surface area contributed by atoms with Crippen LogP contribution >= 0.6 is 11.8 Å². The van der Waals surface area contributed by atoms with Gasteiger partial charge in [0.2, 0.25) is 11.8 Å². The number of carbonyl (C=O) groups excluding carboxylic acids is 2. The predicted molar refractivity (Wildman–Crippen MR) is 140 cm³/mol. The zero-order valence-corrected chi connectivity index (χ0v) is 21.7. The van der Waals surface area contributed by atoms with E-state index in [2.05, 4.69) is 37.4 Å². The van der Waals surface area contributed by atoms with Gasteiger partial charge in [0.1, 0.15) is 11.8 Å². The topological polar surface area (TPSA) is 58.6 Å². The Hall–Kier alpha value is -2.47. The Morgan fingerprint density at radius 1 is 1.06 bits per heavy atom. The molecule has 3 rings (SSSR count). The second-order valence-electron chi connectivity index (χ2n) is 9.38. The highest BCUT2D eigenvalue weighted by molar-refractivity contribution is 7.99. The third-order valence-electron chi connectivity index (χ3n) is 6.38. The third-order valence-corrected chi connectivity index (χ3v) is 7.37. The molecule has 0 bridgehead atoms. The van der Waals surface area contributed by atoms with Gasteiger partial charge in [0, 0.05) is 18.3 Å². The molecule has 0 radical (unpaired) electrons. The van der Waals surface area contributed by atoms with E-state index in [1.807, 2.05) is 31.2 Å². The van der Waals surface area contributed by atoms with Crippen LogP contribution in [0.5, 0.6) is 5.75 Å². The van der Waals surface area contributed by atoms with Crippen molar-refractivity contribution >= 4 is 23.6 Å². The van der Waals surface area contributed by atoms with E-state index in [1.54, 1.807) is 23.8 Å². The van der Waals surface area contributed by atoms with Gasteiger partial charge in [-0.3, -0.25) is 9.59 Å². The van der Waals surface area contributed by atoms with Gasteiger partial charge >= 0.3 is 0 Å². The normalized spacial score (nSPS) is 14.9. The van der Waals surface area contributed by atoms with Gasteiger partial charge in [-0.25, -0.2) is 0 Å². The van der Waals surface area contributed by atoms with Gasteiger partial charge in [0.05, 0.1) is 12.9 Å². The van der Waals surface area contributed by atoms with Crippen LogP contribution in [0, 0.1) is 13.8 Å². The van der Waals surface area contributed by atoms with Gasteiger partial charge in [0.15, 0.2) is 0 Å². The van der Waals surface area contributed by atoms with Crippen LogP contribution in [0.15, 0.2) is 42.5 Å².